The predicted octanol–water partition coefficient (Wildman–Crippen LogP) is 2.44. The Morgan fingerprint density at radius 1 is 1.37 bits per heavy atom. The molecule has 7 nitrogen and oxygen atoms in total. The van der Waals surface area contributed by atoms with Gasteiger partial charge in [0, 0.05) is 25.7 Å². The van der Waals surface area contributed by atoms with Crippen LogP contribution in [0, 0.1) is 5.92 Å². The molecule has 1 amide bonds. The summed E-state index contributed by atoms with van der Waals surface area (Å²) in [6, 6.07) is 7.89. The fourth-order valence-corrected chi connectivity index (χ4v) is 2.70. The van der Waals surface area contributed by atoms with E-state index in [1.165, 1.54) is 0 Å². The van der Waals surface area contributed by atoms with Crippen molar-refractivity contribution in [3.05, 3.63) is 42.5 Å². The molecule has 3 N–H and O–H groups in total. The normalized spacial score (nSPS) is 14.8. The second kappa shape index (κ2) is 11.1. The summed E-state index contributed by atoms with van der Waals surface area (Å²) in [5.74, 6) is 1.98. The van der Waals surface area contributed by atoms with Gasteiger partial charge in [-0.2, -0.15) is 0 Å². The Kier molecular flexibility index (Phi) is 8.48. The van der Waals surface area contributed by atoms with Crippen LogP contribution in [0.25, 0.3) is 0 Å². The number of carbonyl (C=O) groups excluding carboxylic acids is 1. The van der Waals surface area contributed by atoms with Crippen LogP contribution in [0.3, 0.4) is 0 Å². The van der Waals surface area contributed by atoms with Crippen LogP contribution >= 0.6 is 0 Å². The van der Waals surface area contributed by atoms with Crippen LogP contribution in [0.2, 0.25) is 0 Å². The van der Waals surface area contributed by atoms with Crippen molar-refractivity contribution in [2.45, 2.75) is 32.4 Å². The molecule has 1 unspecified atom stereocenters. The second-order valence-corrected chi connectivity index (χ2v) is 6.32. The van der Waals surface area contributed by atoms with Gasteiger partial charge < -0.3 is 25.4 Å². The number of amides is 1. The van der Waals surface area contributed by atoms with Crippen molar-refractivity contribution in [3.8, 4) is 5.75 Å². The lowest BCUT2D eigenvalue weighted by Crippen LogP contribution is -2.48. The first-order chi connectivity index (χ1) is 13.2. The summed E-state index contributed by atoms with van der Waals surface area (Å²) in [5, 5.41) is 9.50. The molecule has 1 aromatic rings. The number of carbonyl (C=O) groups is 1. The van der Waals surface area contributed by atoms with E-state index in [1.54, 1.807) is 20.0 Å². The van der Waals surface area contributed by atoms with Crippen molar-refractivity contribution in [2.24, 2.45) is 10.9 Å². The first-order valence-corrected chi connectivity index (χ1v) is 9.37. The molecule has 1 fully saturated rings. The van der Waals surface area contributed by atoms with Crippen molar-refractivity contribution in [1.29, 1.82) is 0 Å². The Balaban J connectivity index is 1.85. The number of aliphatic imine (C=N–C) groups is 1. The summed E-state index contributed by atoms with van der Waals surface area (Å²) >= 11 is 0. The van der Waals surface area contributed by atoms with Crippen LogP contribution in [0.1, 0.15) is 25.3 Å². The molecule has 1 aliphatic carbocycles. The lowest BCUT2D eigenvalue weighted by molar-refractivity contribution is 0.146. The highest BCUT2D eigenvalue weighted by Crippen LogP contribution is 2.32. The number of nitrogens with one attached hydrogen (secondary N) is 3. The maximum absolute atomic E-state index is 11.7. The topological polar surface area (TPSA) is 84.0 Å². The Labute approximate surface area is 161 Å². The minimum Gasteiger partial charge on any atom is -0.489 e. The van der Waals surface area contributed by atoms with Crippen LogP contribution in [0.5, 0.6) is 5.75 Å². The van der Waals surface area contributed by atoms with Crippen LogP contribution in [0.15, 0.2) is 41.9 Å². The van der Waals surface area contributed by atoms with Gasteiger partial charge >= 0.3 is 6.09 Å². The maximum Gasteiger partial charge on any atom is 0.407 e. The SMILES string of the molecule is C=CCOc1ccccc1CNC(=NC)NCC(NC(=O)OCC)C1CC1. The standard InChI is InChI=1S/C20H30N4O3/c1-4-12-27-18-9-7-6-8-16(18)13-22-19(21-3)23-14-17(15-10-11-15)24-20(25)26-5-2/h4,6-9,15,17H,1,5,10-14H2,2-3H3,(H,24,25)(H2,21,22,23). The molecule has 0 radical (unpaired) electrons. The average molecular weight is 374 g/mol. The third kappa shape index (κ3) is 7.21. The first kappa shape index (κ1) is 20.6. The van der Waals surface area contributed by atoms with E-state index in [9.17, 15) is 4.79 Å². The number of guanidine groups is 1. The predicted molar refractivity (Wildman–Crippen MR) is 107 cm³/mol. The largest absolute Gasteiger partial charge is 0.489 e. The molecule has 148 valence electrons. The smallest absolute Gasteiger partial charge is 0.407 e. The zero-order valence-electron chi connectivity index (χ0n) is 16.2. The van der Waals surface area contributed by atoms with Gasteiger partial charge in [-0.3, -0.25) is 4.99 Å². The van der Waals surface area contributed by atoms with Crippen LogP contribution in [-0.4, -0.2) is 44.9 Å². The fraction of sp³-hybridized carbons (Fsp3) is 0.500. The van der Waals surface area contributed by atoms with E-state index >= 15 is 0 Å². The summed E-state index contributed by atoms with van der Waals surface area (Å²) in [6.07, 6.45) is 3.60. The minimum atomic E-state index is -0.368. The molecule has 0 aromatic heterocycles. The van der Waals surface area contributed by atoms with E-state index in [-0.39, 0.29) is 12.1 Å². The Bertz CT molecular complexity index is 644. The number of hydrogen-bond donors (Lipinski definition) is 3. The third-order valence-electron chi connectivity index (χ3n) is 4.26. The van der Waals surface area contributed by atoms with E-state index in [4.69, 9.17) is 9.47 Å². The van der Waals surface area contributed by atoms with Gasteiger partial charge in [0.1, 0.15) is 12.4 Å². The summed E-state index contributed by atoms with van der Waals surface area (Å²) < 4.78 is 10.7. The summed E-state index contributed by atoms with van der Waals surface area (Å²) in [6.45, 7) is 7.48. The number of alkyl carbamates (subject to hydrolysis) is 1. The number of benzene rings is 1. The van der Waals surface area contributed by atoms with Crippen LogP contribution < -0.4 is 20.7 Å². The van der Waals surface area contributed by atoms with Crippen molar-refractivity contribution in [3.63, 3.8) is 0 Å². The Hall–Kier alpha value is -2.70. The number of rotatable bonds is 10. The van der Waals surface area contributed by atoms with Gasteiger partial charge in [-0.05, 0) is 31.7 Å². The number of nitrogens with zero attached hydrogens (tertiary/aromatic N) is 1. The van der Waals surface area contributed by atoms with Crippen LogP contribution in [-0.2, 0) is 11.3 Å². The number of ether oxygens (including phenoxy) is 2. The third-order valence-corrected chi connectivity index (χ3v) is 4.26. The van der Waals surface area contributed by atoms with Gasteiger partial charge in [-0.15, -0.1) is 0 Å². The lowest BCUT2D eigenvalue weighted by Gasteiger charge is -2.20. The quantitative estimate of drug-likeness (QED) is 0.333. The minimum absolute atomic E-state index is 0.0332. The van der Waals surface area contributed by atoms with Gasteiger partial charge in [-0.1, -0.05) is 30.9 Å². The van der Waals surface area contributed by atoms with Crippen molar-refractivity contribution in [2.75, 3.05) is 26.8 Å². The molecule has 1 atom stereocenters. The molecule has 27 heavy (non-hydrogen) atoms. The summed E-state index contributed by atoms with van der Waals surface area (Å²) in [7, 11) is 1.72. The van der Waals surface area contributed by atoms with Gasteiger partial charge in [0.2, 0.25) is 0 Å². The molecule has 1 aliphatic rings. The van der Waals surface area contributed by atoms with E-state index in [0.717, 1.165) is 24.2 Å². The molecule has 0 bridgehead atoms. The van der Waals surface area contributed by atoms with E-state index in [2.05, 4.69) is 27.5 Å². The molecule has 1 aromatic carbocycles. The van der Waals surface area contributed by atoms with E-state index in [1.807, 2.05) is 24.3 Å². The zero-order valence-corrected chi connectivity index (χ0v) is 16.2. The lowest BCUT2D eigenvalue weighted by atomic mass is 10.2. The average Bonchev–Trinajstić information content (AvgIpc) is 3.51. The van der Waals surface area contributed by atoms with Crippen molar-refractivity contribution < 1.29 is 14.3 Å². The van der Waals surface area contributed by atoms with E-state index in [0.29, 0.717) is 38.2 Å². The summed E-state index contributed by atoms with van der Waals surface area (Å²) in [4.78, 5) is 16.0. The number of hydrogen-bond acceptors (Lipinski definition) is 4. The van der Waals surface area contributed by atoms with Gasteiger partial charge in [0.05, 0.1) is 12.6 Å². The van der Waals surface area contributed by atoms with Gasteiger partial charge in [0.25, 0.3) is 0 Å². The molecule has 0 heterocycles. The Morgan fingerprint density at radius 2 is 2.15 bits per heavy atom. The highest BCUT2D eigenvalue weighted by Gasteiger charge is 2.32. The fourth-order valence-electron chi connectivity index (χ4n) is 2.70. The highest BCUT2D eigenvalue weighted by atomic mass is 16.5. The van der Waals surface area contributed by atoms with Crippen molar-refractivity contribution in [1.82, 2.24) is 16.0 Å². The summed E-state index contributed by atoms with van der Waals surface area (Å²) in [5.41, 5.74) is 1.03. The highest BCUT2D eigenvalue weighted by molar-refractivity contribution is 5.79. The molecule has 1 saturated carbocycles. The first-order valence-electron chi connectivity index (χ1n) is 9.37. The van der Waals surface area contributed by atoms with Crippen LogP contribution in [0.4, 0.5) is 4.79 Å². The second-order valence-electron chi connectivity index (χ2n) is 6.32. The molecule has 0 saturated heterocycles. The molecular formula is C20H30N4O3. The zero-order chi connectivity index (χ0) is 19.5. The van der Waals surface area contributed by atoms with E-state index < -0.39 is 0 Å². The molecule has 0 aliphatic heterocycles. The molecule has 0 spiro atoms. The molecule has 2 rings (SSSR count). The number of para-hydroxylation sites is 1. The van der Waals surface area contributed by atoms with Gasteiger partial charge in [0.15, 0.2) is 5.96 Å². The monoisotopic (exact) mass is 374 g/mol. The van der Waals surface area contributed by atoms with Crippen molar-refractivity contribution >= 4 is 12.1 Å². The van der Waals surface area contributed by atoms with Gasteiger partial charge in [-0.25, -0.2) is 4.79 Å². The Morgan fingerprint density at radius 3 is 2.81 bits per heavy atom. The maximum atomic E-state index is 11.7. The molecular weight excluding hydrogens is 344 g/mol. The molecule has 7 heteroatoms.